The van der Waals surface area contributed by atoms with E-state index in [0.717, 1.165) is 12.8 Å². The number of thiazole rings is 1. The second kappa shape index (κ2) is 6.32. The maximum absolute atomic E-state index is 13.3. The molecule has 0 radical (unpaired) electrons. The maximum Gasteiger partial charge on any atom is 0.329 e. The Kier molecular flexibility index (Phi) is 4.36. The average Bonchev–Trinajstić information content (AvgIpc) is 3.28. The van der Waals surface area contributed by atoms with Gasteiger partial charge in [0, 0.05) is 10.9 Å². The van der Waals surface area contributed by atoms with Crippen LogP contribution in [0.15, 0.2) is 29.6 Å². The number of hydrogen-bond acceptors (Lipinski definition) is 4. The van der Waals surface area contributed by atoms with Crippen molar-refractivity contribution in [1.29, 1.82) is 0 Å². The number of carboxylic acid groups (broad SMARTS) is 1. The van der Waals surface area contributed by atoms with Gasteiger partial charge in [-0.25, -0.2) is 14.2 Å². The SMILES string of the molecule is CC(NC(=O)Cc1csc(-c2cccc(F)c2)n1)(C(=O)O)C1CC1. The van der Waals surface area contributed by atoms with Crippen LogP contribution in [0.1, 0.15) is 25.5 Å². The number of hydrogen-bond donors (Lipinski definition) is 2. The lowest BCUT2D eigenvalue weighted by molar-refractivity contribution is -0.147. The van der Waals surface area contributed by atoms with E-state index in [1.807, 2.05) is 0 Å². The highest BCUT2D eigenvalue weighted by Crippen LogP contribution is 2.39. The minimum atomic E-state index is -1.22. The van der Waals surface area contributed by atoms with Crippen LogP contribution in [-0.4, -0.2) is 27.5 Å². The molecule has 3 rings (SSSR count). The van der Waals surface area contributed by atoms with E-state index < -0.39 is 11.5 Å². The molecule has 126 valence electrons. The largest absolute Gasteiger partial charge is 0.480 e. The molecule has 1 saturated carbocycles. The number of benzene rings is 1. The van der Waals surface area contributed by atoms with Gasteiger partial charge in [0.25, 0.3) is 0 Å². The van der Waals surface area contributed by atoms with Gasteiger partial charge in [0.05, 0.1) is 12.1 Å². The molecule has 0 spiro atoms. The van der Waals surface area contributed by atoms with Gasteiger partial charge in [-0.15, -0.1) is 11.3 Å². The molecule has 1 unspecified atom stereocenters. The normalized spacial score (nSPS) is 16.4. The monoisotopic (exact) mass is 348 g/mol. The molecule has 24 heavy (non-hydrogen) atoms. The second-order valence-electron chi connectivity index (χ2n) is 6.16. The lowest BCUT2D eigenvalue weighted by Gasteiger charge is -2.25. The first-order valence-corrected chi connectivity index (χ1v) is 8.51. The first kappa shape index (κ1) is 16.6. The molecule has 2 N–H and O–H groups in total. The summed E-state index contributed by atoms with van der Waals surface area (Å²) in [6.45, 7) is 1.55. The number of aliphatic carboxylic acids is 1. The third-order valence-corrected chi connectivity index (χ3v) is 5.14. The van der Waals surface area contributed by atoms with Gasteiger partial charge >= 0.3 is 5.97 Å². The average molecular weight is 348 g/mol. The van der Waals surface area contributed by atoms with Crippen molar-refractivity contribution in [2.45, 2.75) is 31.7 Å². The summed E-state index contributed by atoms with van der Waals surface area (Å²) in [5.74, 6) is -1.75. The maximum atomic E-state index is 13.3. The number of carboxylic acids is 1. The van der Waals surface area contributed by atoms with Crippen LogP contribution in [0, 0.1) is 11.7 Å². The highest BCUT2D eigenvalue weighted by Gasteiger charge is 2.48. The summed E-state index contributed by atoms with van der Waals surface area (Å²) in [7, 11) is 0. The van der Waals surface area contributed by atoms with Crippen LogP contribution < -0.4 is 5.32 Å². The lowest BCUT2D eigenvalue weighted by atomic mass is 9.95. The fraction of sp³-hybridized carbons (Fsp3) is 0.353. The number of nitrogens with zero attached hydrogens (tertiary/aromatic N) is 1. The molecule has 1 aromatic carbocycles. The third-order valence-electron chi connectivity index (χ3n) is 4.20. The minimum Gasteiger partial charge on any atom is -0.480 e. The summed E-state index contributed by atoms with van der Waals surface area (Å²) >= 11 is 1.32. The van der Waals surface area contributed by atoms with E-state index in [9.17, 15) is 19.1 Å². The molecule has 1 heterocycles. The van der Waals surface area contributed by atoms with Crippen LogP contribution in [0.2, 0.25) is 0 Å². The van der Waals surface area contributed by atoms with E-state index in [0.29, 0.717) is 16.3 Å². The van der Waals surface area contributed by atoms with Gasteiger partial charge in [-0.3, -0.25) is 4.79 Å². The highest BCUT2D eigenvalue weighted by atomic mass is 32.1. The standard InChI is InChI=1S/C17H17FN2O3S/c1-17(16(22)23,11-5-6-11)20-14(21)8-13-9-24-15(19-13)10-3-2-4-12(18)7-10/h2-4,7,9,11H,5-6,8H2,1H3,(H,20,21)(H,22,23). The lowest BCUT2D eigenvalue weighted by Crippen LogP contribution is -2.54. The van der Waals surface area contributed by atoms with Crippen LogP contribution in [-0.2, 0) is 16.0 Å². The van der Waals surface area contributed by atoms with Crippen LogP contribution in [0.25, 0.3) is 10.6 Å². The van der Waals surface area contributed by atoms with Gasteiger partial charge in [-0.05, 0) is 37.8 Å². The molecule has 0 aliphatic heterocycles. The zero-order valence-electron chi connectivity index (χ0n) is 13.1. The van der Waals surface area contributed by atoms with Gasteiger partial charge in [0.2, 0.25) is 5.91 Å². The van der Waals surface area contributed by atoms with Crippen molar-refractivity contribution in [1.82, 2.24) is 10.3 Å². The Morgan fingerprint density at radius 3 is 2.83 bits per heavy atom. The second-order valence-corrected chi connectivity index (χ2v) is 7.02. The Balaban J connectivity index is 1.68. The number of rotatable bonds is 6. The molecule has 1 aliphatic rings. The number of amides is 1. The fourth-order valence-electron chi connectivity index (χ4n) is 2.63. The zero-order valence-corrected chi connectivity index (χ0v) is 13.9. The van der Waals surface area contributed by atoms with Gasteiger partial charge < -0.3 is 10.4 Å². The summed E-state index contributed by atoms with van der Waals surface area (Å²) in [5.41, 5.74) is -0.0290. The van der Waals surface area contributed by atoms with Crippen molar-refractivity contribution in [3.8, 4) is 10.6 Å². The summed E-state index contributed by atoms with van der Waals surface area (Å²) in [5, 5.41) is 14.4. The third kappa shape index (κ3) is 3.46. The predicted octanol–water partition coefficient (Wildman–Crippen LogP) is 2.86. The first-order valence-electron chi connectivity index (χ1n) is 7.63. The highest BCUT2D eigenvalue weighted by molar-refractivity contribution is 7.13. The Bertz CT molecular complexity index is 788. The van der Waals surface area contributed by atoms with Crippen molar-refractivity contribution in [3.63, 3.8) is 0 Å². The molecular weight excluding hydrogens is 331 g/mol. The van der Waals surface area contributed by atoms with Crippen molar-refractivity contribution >= 4 is 23.2 Å². The van der Waals surface area contributed by atoms with Gasteiger partial charge in [-0.2, -0.15) is 0 Å². The smallest absolute Gasteiger partial charge is 0.329 e. The van der Waals surface area contributed by atoms with Crippen molar-refractivity contribution in [3.05, 3.63) is 41.2 Å². The first-order chi connectivity index (χ1) is 11.4. The topological polar surface area (TPSA) is 79.3 Å². The molecule has 7 heteroatoms. The molecule has 2 aromatic rings. The zero-order chi connectivity index (χ0) is 17.3. The van der Waals surface area contributed by atoms with Crippen molar-refractivity contribution in [2.24, 2.45) is 5.92 Å². The van der Waals surface area contributed by atoms with Gasteiger partial charge in [0.1, 0.15) is 16.4 Å². The van der Waals surface area contributed by atoms with Crippen LogP contribution in [0.4, 0.5) is 4.39 Å². The van der Waals surface area contributed by atoms with Crippen molar-refractivity contribution < 1.29 is 19.1 Å². The van der Waals surface area contributed by atoms with Crippen LogP contribution in [0.5, 0.6) is 0 Å². The fourth-order valence-corrected chi connectivity index (χ4v) is 3.45. The molecule has 1 atom stereocenters. The van der Waals surface area contributed by atoms with Crippen LogP contribution in [0.3, 0.4) is 0 Å². The van der Waals surface area contributed by atoms with Crippen molar-refractivity contribution in [2.75, 3.05) is 0 Å². The Morgan fingerprint density at radius 2 is 2.21 bits per heavy atom. The molecule has 1 aliphatic carbocycles. The van der Waals surface area contributed by atoms with E-state index in [2.05, 4.69) is 10.3 Å². The summed E-state index contributed by atoms with van der Waals surface area (Å²) in [6.07, 6.45) is 1.62. The number of halogens is 1. The molecule has 1 aromatic heterocycles. The Hall–Kier alpha value is -2.28. The molecule has 1 amide bonds. The molecule has 0 saturated heterocycles. The van der Waals surface area contributed by atoms with E-state index >= 15 is 0 Å². The van der Waals surface area contributed by atoms with E-state index in [4.69, 9.17) is 0 Å². The molecule has 1 fully saturated rings. The Morgan fingerprint density at radius 1 is 1.46 bits per heavy atom. The Labute approximate surface area is 142 Å². The minimum absolute atomic E-state index is 0.00139. The quantitative estimate of drug-likeness (QED) is 0.841. The number of aromatic nitrogens is 1. The van der Waals surface area contributed by atoms with Gasteiger partial charge in [0.15, 0.2) is 0 Å². The van der Waals surface area contributed by atoms with E-state index in [1.54, 1.807) is 24.4 Å². The summed E-state index contributed by atoms with van der Waals surface area (Å²) in [6, 6.07) is 6.10. The number of nitrogens with one attached hydrogen (secondary N) is 1. The number of carbonyl (C=O) groups excluding carboxylic acids is 1. The van der Waals surface area contributed by atoms with E-state index in [-0.39, 0.29) is 24.1 Å². The van der Waals surface area contributed by atoms with Gasteiger partial charge in [-0.1, -0.05) is 12.1 Å². The molecule has 0 bridgehead atoms. The predicted molar refractivity (Wildman–Crippen MR) is 88.1 cm³/mol. The molecule has 5 nitrogen and oxygen atoms in total. The van der Waals surface area contributed by atoms with E-state index in [1.165, 1.54) is 23.5 Å². The number of carbonyl (C=O) groups is 2. The summed E-state index contributed by atoms with van der Waals surface area (Å²) in [4.78, 5) is 28.0. The molecular formula is C17H17FN2O3S. The van der Waals surface area contributed by atoms with Crippen LogP contribution >= 0.6 is 11.3 Å². The summed E-state index contributed by atoms with van der Waals surface area (Å²) < 4.78 is 13.3.